The van der Waals surface area contributed by atoms with Gasteiger partial charge in [0.05, 0.1) is 0 Å². The summed E-state index contributed by atoms with van der Waals surface area (Å²) in [4.78, 5) is 2.74. The molecule has 2 aliphatic rings. The minimum absolute atomic E-state index is 0.498. The van der Waals surface area contributed by atoms with Crippen LogP contribution in [0.3, 0.4) is 0 Å². The molecule has 2 saturated heterocycles. The molecular weight excluding hydrogens is 220 g/mol. The van der Waals surface area contributed by atoms with E-state index in [0.29, 0.717) is 5.41 Å². The first kappa shape index (κ1) is 14.3. The maximum absolute atomic E-state index is 3.58. The number of hydrogen-bond donors (Lipinski definition) is 1. The van der Waals surface area contributed by atoms with Gasteiger partial charge in [0.2, 0.25) is 0 Å². The Morgan fingerprint density at radius 1 is 1.11 bits per heavy atom. The van der Waals surface area contributed by atoms with Crippen molar-refractivity contribution in [1.82, 2.24) is 10.2 Å². The molecule has 0 aromatic rings. The SMILES string of the molecule is CC1NCCC1CN1CCCC(C(C)(C)C)CC1. The van der Waals surface area contributed by atoms with Crippen LogP contribution < -0.4 is 5.32 Å². The molecule has 2 heteroatoms. The highest BCUT2D eigenvalue weighted by atomic mass is 15.1. The van der Waals surface area contributed by atoms with Crippen LogP contribution in [0.15, 0.2) is 0 Å². The van der Waals surface area contributed by atoms with Crippen LogP contribution in [0, 0.1) is 17.3 Å². The molecule has 3 unspecified atom stereocenters. The smallest absolute Gasteiger partial charge is 0.00796 e. The minimum Gasteiger partial charge on any atom is -0.314 e. The number of hydrogen-bond acceptors (Lipinski definition) is 2. The Kier molecular flexibility index (Phi) is 4.71. The standard InChI is InChI=1S/C16H32N2/c1-13-14(7-9-17-13)12-18-10-5-6-15(8-11-18)16(2,3)4/h13-15,17H,5-12H2,1-4H3. The molecule has 1 N–H and O–H groups in total. The van der Waals surface area contributed by atoms with E-state index in [4.69, 9.17) is 0 Å². The predicted octanol–water partition coefficient (Wildman–Crippen LogP) is 3.13. The van der Waals surface area contributed by atoms with E-state index in [9.17, 15) is 0 Å². The Hall–Kier alpha value is -0.0800. The summed E-state index contributed by atoms with van der Waals surface area (Å²) in [5.74, 6) is 1.80. The van der Waals surface area contributed by atoms with Crippen molar-refractivity contribution in [3.8, 4) is 0 Å². The van der Waals surface area contributed by atoms with Gasteiger partial charge in [0.15, 0.2) is 0 Å². The fourth-order valence-electron chi connectivity index (χ4n) is 3.70. The van der Waals surface area contributed by atoms with Crippen molar-refractivity contribution < 1.29 is 0 Å². The predicted molar refractivity (Wildman–Crippen MR) is 78.8 cm³/mol. The molecule has 0 aromatic carbocycles. The van der Waals surface area contributed by atoms with Crippen LogP contribution in [0.1, 0.15) is 53.4 Å². The Morgan fingerprint density at radius 2 is 1.89 bits per heavy atom. The monoisotopic (exact) mass is 252 g/mol. The molecule has 0 bridgehead atoms. The Morgan fingerprint density at radius 3 is 2.50 bits per heavy atom. The van der Waals surface area contributed by atoms with E-state index in [2.05, 4.69) is 37.9 Å². The molecule has 2 aliphatic heterocycles. The molecule has 2 nitrogen and oxygen atoms in total. The summed E-state index contributed by atoms with van der Waals surface area (Å²) in [5.41, 5.74) is 0.498. The molecule has 0 amide bonds. The lowest BCUT2D eigenvalue weighted by molar-refractivity contribution is 0.197. The zero-order chi connectivity index (χ0) is 13.2. The fraction of sp³-hybridized carbons (Fsp3) is 1.00. The molecule has 0 saturated carbocycles. The highest BCUT2D eigenvalue weighted by Crippen LogP contribution is 2.34. The van der Waals surface area contributed by atoms with E-state index in [1.54, 1.807) is 0 Å². The van der Waals surface area contributed by atoms with Crippen molar-refractivity contribution in [2.75, 3.05) is 26.2 Å². The van der Waals surface area contributed by atoms with E-state index >= 15 is 0 Å². The average molecular weight is 252 g/mol. The van der Waals surface area contributed by atoms with Crippen LogP contribution in [0.4, 0.5) is 0 Å². The van der Waals surface area contributed by atoms with Gasteiger partial charge in [-0.2, -0.15) is 0 Å². The summed E-state index contributed by atoms with van der Waals surface area (Å²) in [5, 5.41) is 3.58. The Bertz CT molecular complexity index is 256. The van der Waals surface area contributed by atoms with Gasteiger partial charge in [-0.25, -0.2) is 0 Å². The van der Waals surface area contributed by atoms with Crippen molar-refractivity contribution in [2.24, 2.45) is 17.3 Å². The number of nitrogens with one attached hydrogen (secondary N) is 1. The fourth-order valence-corrected chi connectivity index (χ4v) is 3.70. The average Bonchev–Trinajstić information content (AvgIpc) is 2.54. The first-order valence-corrected chi connectivity index (χ1v) is 7.92. The highest BCUT2D eigenvalue weighted by molar-refractivity contribution is 4.84. The Labute approximate surface area is 114 Å². The van der Waals surface area contributed by atoms with E-state index in [0.717, 1.165) is 17.9 Å². The molecule has 2 heterocycles. The van der Waals surface area contributed by atoms with E-state index in [1.165, 1.54) is 51.9 Å². The molecule has 2 rings (SSSR count). The second-order valence-electron chi connectivity index (χ2n) is 7.59. The normalized spacial score (nSPS) is 35.7. The van der Waals surface area contributed by atoms with Crippen molar-refractivity contribution in [1.29, 1.82) is 0 Å². The van der Waals surface area contributed by atoms with Gasteiger partial charge in [0.1, 0.15) is 0 Å². The summed E-state index contributed by atoms with van der Waals surface area (Å²) in [6, 6.07) is 0.728. The van der Waals surface area contributed by atoms with Crippen LogP contribution in [0.5, 0.6) is 0 Å². The first-order chi connectivity index (χ1) is 8.47. The van der Waals surface area contributed by atoms with E-state index < -0.39 is 0 Å². The lowest BCUT2D eigenvalue weighted by Crippen LogP contribution is -2.35. The van der Waals surface area contributed by atoms with Crippen LogP contribution in [0.25, 0.3) is 0 Å². The zero-order valence-electron chi connectivity index (χ0n) is 12.8. The van der Waals surface area contributed by atoms with E-state index in [1.807, 2.05) is 0 Å². The molecule has 106 valence electrons. The number of nitrogens with zero attached hydrogens (tertiary/aromatic N) is 1. The van der Waals surface area contributed by atoms with Gasteiger partial charge in [-0.3, -0.25) is 0 Å². The van der Waals surface area contributed by atoms with Gasteiger partial charge in [-0.05, 0) is 69.5 Å². The summed E-state index contributed by atoms with van der Waals surface area (Å²) < 4.78 is 0. The summed E-state index contributed by atoms with van der Waals surface area (Å²) >= 11 is 0. The lowest BCUT2D eigenvalue weighted by atomic mass is 9.77. The summed E-state index contributed by atoms with van der Waals surface area (Å²) in [6.07, 6.45) is 5.60. The van der Waals surface area contributed by atoms with Gasteiger partial charge in [0, 0.05) is 12.6 Å². The topological polar surface area (TPSA) is 15.3 Å². The molecule has 0 spiro atoms. The largest absolute Gasteiger partial charge is 0.314 e. The molecular formula is C16H32N2. The quantitative estimate of drug-likeness (QED) is 0.812. The summed E-state index contributed by atoms with van der Waals surface area (Å²) in [6.45, 7) is 14.8. The molecule has 0 aliphatic carbocycles. The van der Waals surface area contributed by atoms with Gasteiger partial charge < -0.3 is 10.2 Å². The zero-order valence-corrected chi connectivity index (χ0v) is 12.8. The van der Waals surface area contributed by atoms with E-state index in [-0.39, 0.29) is 0 Å². The van der Waals surface area contributed by atoms with Crippen molar-refractivity contribution >= 4 is 0 Å². The third-order valence-electron chi connectivity index (χ3n) is 5.23. The van der Waals surface area contributed by atoms with Gasteiger partial charge in [-0.15, -0.1) is 0 Å². The van der Waals surface area contributed by atoms with Crippen LogP contribution in [-0.4, -0.2) is 37.1 Å². The maximum Gasteiger partial charge on any atom is 0.00796 e. The van der Waals surface area contributed by atoms with Gasteiger partial charge in [-0.1, -0.05) is 20.8 Å². The molecule has 0 aromatic heterocycles. The van der Waals surface area contributed by atoms with Gasteiger partial charge in [0.25, 0.3) is 0 Å². The molecule has 18 heavy (non-hydrogen) atoms. The first-order valence-electron chi connectivity index (χ1n) is 7.92. The van der Waals surface area contributed by atoms with Crippen LogP contribution in [-0.2, 0) is 0 Å². The molecule has 3 atom stereocenters. The van der Waals surface area contributed by atoms with Crippen LogP contribution in [0.2, 0.25) is 0 Å². The lowest BCUT2D eigenvalue weighted by Gasteiger charge is -2.30. The molecule has 2 fully saturated rings. The highest BCUT2D eigenvalue weighted by Gasteiger charge is 2.29. The van der Waals surface area contributed by atoms with Gasteiger partial charge >= 0.3 is 0 Å². The minimum atomic E-state index is 0.498. The second kappa shape index (κ2) is 5.92. The number of rotatable bonds is 2. The second-order valence-corrected chi connectivity index (χ2v) is 7.59. The molecule has 0 radical (unpaired) electrons. The van der Waals surface area contributed by atoms with Crippen molar-refractivity contribution in [2.45, 2.75) is 59.4 Å². The van der Waals surface area contributed by atoms with Crippen molar-refractivity contribution in [3.05, 3.63) is 0 Å². The third kappa shape index (κ3) is 3.71. The van der Waals surface area contributed by atoms with Crippen molar-refractivity contribution in [3.63, 3.8) is 0 Å². The summed E-state index contributed by atoms with van der Waals surface area (Å²) in [7, 11) is 0. The third-order valence-corrected chi connectivity index (χ3v) is 5.23. The Balaban J connectivity index is 1.82. The van der Waals surface area contributed by atoms with Crippen LogP contribution >= 0.6 is 0 Å². The maximum atomic E-state index is 3.58. The number of likely N-dealkylation sites (tertiary alicyclic amines) is 1.